The molecule has 1 aromatic rings. The molecular formula is C17H28N2OS. The minimum absolute atomic E-state index is 0.216. The normalized spacial score (nSPS) is 10.5. The molecule has 1 aromatic heterocycles. The minimum Gasteiger partial charge on any atom is -0.356 e. The lowest BCUT2D eigenvalue weighted by Crippen LogP contribution is -2.24. The van der Waals surface area contributed by atoms with Crippen molar-refractivity contribution in [3.63, 3.8) is 0 Å². The highest BCUT2D eigenvalue weighted by molar-refractivity contribution is 7.99. The molecule has 118 valence electrons. The molecule has 1 rings (SSSR count). The summed E-state index contributed by atoms with van der Waals surface area (Å²) in [4.78, 5) is 16.9. The van der Waals surface area contributed by atoms with Gasteiger partial charge in [-0.15, -0.1) is 11.8 Å². The van der Waals surface area contributed by atoms with Gasteiger partial charge in [-0.2, -0.15) is 0 Å². The Bertz CT molecular complexity index is 370. The Morgan fingerprint density at radius 2 is 1.86 bits per heavy atom. The van der Waals surface area contributed by atoms with Crippen LogP contribution in [0.2, 0.25) is 0 Å². The van der Waals surface area contributed by atoms with Gasteiger partial charge >= 0.3 is 0 Å². The van der Waals surface area contributed by atoms with Gasteiger partial charge in [-0.3, -0.25) is 9.78 Å². The Labute approximate surface area is 133 Å². The summed E-state index contributed by atoms with van der Waals surface area (Å²) in [6.45, 7) is 3.02. The number of nitrogens with one attached hydrogen (secondary N) is 1. The number of carbonyl (C=O) groups is 1. The standard InChI is InChI=1S/C17H28N2OS/c1-2-3-4-5-6-9-17(20)19-12-7-8-15-21-16-10-13-18-14-11-16/h10-11,13-14H,2-9,12,15H2,1H3,(H,19,20). The second kappa shape index (κ2) is 12.7. The molecule has 0 atom stereocenters. The molecule has 21 heavy (non-hydrogen) atoms. The number of unbranched alkanes of at least 4 members (excludes halogenated alkanes) is 5. The molecule has 0 saturated carbocycles. The fourth-order valence-electron chi connectivity index (χ4n) is 2.06. The monoisotopic (exact) mass is 308 g/mol. The lowest BCUT2D eigenvalue weighted by molar-refractivity contribution is -0.121. The number of amides is 1. The maximum Gasteiger partial charge on any atom is 0.219 e. The van der Waals surface area contributed by atoms with Gasteiger partial charge in [0.1, 0.15) is 0 Å². The third kappa shape index (κ3) is 10.4. The topological polar surface area (TPSA) is 42.0 Å². The predicted octanol–water partition coefficient (Wildman–Crippen LogP) is 4.43. The van der Waals surface area contributed by atoms with Crippen molar-refractivity contribution in [3.8, 4) is 0 Å². The molecule has 0 aromatic carbocycles. The van der Waals surface area contributed by atoms with E-state index in [9.17, 15) is 4.79 Å². The van der Waals surface area contributed by atoms with Crippen molar-refractivity contribution in [1.29, 1.82) is 0 Å². The number of carbonyl (C=O) groups excluding carboxylic acids is 1. The number of hydrogen-bond acceptors (Lipinski definition) is 3. The van der Waals surface area contributed by atoms with Gasteiger partial charge in [0.05, 0.1) is 0 Å². The van der Waals surface area contributed by atoms with Crippen LogP contribution in [-0.2, 0) is 4.79 Å². The highest BCUT2D eigenvalue weighted by atomic mass is 32.2. The molecule has 0 fully saturated rings. The van der Waals surface area contributed by atoms with E-state index in [-0.39, 0.29) is 5.91 Å². The summed E-state index contributed by atoms with van der Waals surface area (Å²) < 4.78 is 0. The van der Waals surface area contributed by atoms with E-state index >= 15 is 0 Å². The van der Waals surface area contributed by atoms with Crippen molar-refractivity contribution < 1.29 is 4.79 Å². The van der Waals surface area contributed by atoms with Crippen LogP contribution in [0.3, 0.4) is 0 Å². The molecule has 0 aliphatic rings. The van der Waals surface area contributed by atoms with Crippen molar-refractivity contribution in [3.05, 3.63) is 24.5 Å². The van der Waals surface area contributed by atoms with Crippen LogP contribution < -0.4 is 5.32 Å². The second-order valence-electron chi connectivity index (χ2n) is 5.25. The number of nitrogens with zero attached hydrogens (tertiary/aromatic N) is 1. The highest BCUT2D eigenvalue weighted by Crippen LogP contribution is 2.17. The van der Waals surface area contributed by atoms with Crippen molar-refractivity contribution in [2.45, 2.75) is 63.2 Å². The zero-order chi connectivity index (χ0) is 15.2. The zero-order valence-corrected chi connectivity index (χ0v) is 14.0. The lowest BCUT2D eigenvalue weighted by Gasteiger charge is -2.05. The summed E-state index contributed by atoms with van der Waals surface area (Å²) in [6, 6.07) is 4.07. The van der Waals surface area contributed by atoms with Crippen molar-refractivity contribution in [2.75, 3.05) is 12.3 Å². The summed E-state index contributed by atoms with van der Waals surface area (Å²) in [7, 11) is 0. The second-order valence-corrected chi connectivity index (χ2v) is 6.42. The summed E-state index contributed by atoms with van der Waals surface area (Å²) in [5, 5.41) is 3.01. The molecule has 1 heterocycles. The van der Waals surface area contributed by atoms with Gasteiger partial charge in [0.2, 0.25) is 5.91 Å². The number of rotatable bonds is 12. The van der Waals surface area contributed by atoms with Gasteiger partial charge in [-0.1, -0.05) is 32.6 Å². The molecule has 0 bridgehead atoms. The van der Waals surface area contributed by atoms with Gasteiger partial charge in [-0.25, -0.2) is 0 Å². The molecular weight excluding hydrogens is 280 g/mol. The van der Waals surface area contributed by atoms with E-state index in [1.165, 1.54) is 30.6 Å². The third-order valence-electron chi connectivity index (χ3n) is 3.32. The molecule has 0 aliphatic heterocycles. The Hall–Kier alpha value is -1.03. The fraction of sp³-hybridized carbons (Fsp3) is 0.647. The van der Waals surface area contributed by atoms with Crippen molar-refractivity contribution in [2.24, 2.45) is 0 Å². The number of aromatic nitrogens is 1. The minimum atomic E-state index is 0.216. The van der Waals surface area contributed by atoms with E-state index in [1.54, 1.807) is 0 Å². The molecule has 0 aliphatic carbocycles. The predicted molar refractivity (Wildman–Crippen MR) is 90.6 cm³/mol. The molecule has 3 nitrogen and oxygen atoms in total. The largest absolute Gasteiger partial charge is 0.356 e. The molecule has 0 spiro atoms. The van der Waals surface area contributed by atoms with E-state index in [4.69, 9.17) is 0 Å². The van der Waals surface area contributed by atoms with Crippen LogP contribution in [0.4, 0.5) is 0 Å². The first-order valence-electron chi connectivity index (χ1n) is 8.12. The average molecular weight is 308 g/mol. The van der Waals surface area contributed by atoms with E-state index < -0.39 is 0 Å². The van der Waals surface area contributed by atoms with Crippen molar-refractivity contribution in [1.82, 2.24) is 10.3 Å². The number of pyridine rings is 1. The quantitative estimate of drug-likeness (QED) is 0.459. The average Bonchev–Trinajstić information content (AvgIpc) is 2.51. The van der Waals surface area contributed by atoms with E-state index in [0.29, 0.717) is 6.42 Å². The molecule has 4 heteroatoms. The fourth-order valence-corrected chi connectivity index (χ4v) is 2.96. The first-order valence-corrected chi connectivity index (χ1v) is 9.11. The van der Waals surface area contributed by atoms with Gasteiger partial charge in [0.25, 0.3) is 0 Å². The maximum absolute atomic E-state index is 11.6. The Morgan fingerprint density at radius 1 is 1.10 bits per heavy atom. The molecule has 0 radical (unpaired) electrons. The van der Waals surface area contributed by atoms with Gasteiger partial charge in [-0.05, 0) is 37.1 Å². The van der Waals surface area contributed by atoms with E-state index in [2.05, 4.69) is 17.2 Å². The summed E-state index contributed by atoms with van der Waals surface area (Å²) >= 11 is 1.85. The van der Waals surface area contributed by atoms with E-state index in [0.717, 1.165) is 31.6 Å². The Morgan fingerprint density at radius 3 is 2.62 bits per heavy atom. The first kappa shape index (κ1) is 18.0. The van der Waals surface area contributed by atoms with Crippen LogP contribution in [-0.4, -0.2) is 23.2 Å². The molecule has 0 saturated heterocycles. The maximum atomic E-state index is 11.6. The summed E-state index contributed by atoms with van der Waals surface area (Å²) in [6.07, 6.45) is 12.5. The van der Waals surface area contributed by atoms with Crippen LogP contribution in [0.1, 0.15) is 58.3 Å². The number of thioether (sulfide) groups is 1. The van der Waals surface area contributed by atoms with Crippen molar-refractivity contribution >= 4 is 17.7 Å². The van der Waals surface area contributed by atoms with Crippen LogP contribution >= 0.6 is 11.8 Å². The molecule has 1 N–H and O–H groups in total. The van der Waals surface area contributed by atoms with Crippen LogP contribution in [0, 0.1) is 0 Å². The van der Waals surface area contributed by atoms with Crippen LogP contribution in [0.25, 0.3) is 0 Å². The summed E-state index contributed by atoms with van der Waals surface area (Å²) in [5.74, 6) is 1.31. The zero-order valence-electron chi connectivity index (χ0n) is 13.1. The van der Waals surface area contributed by atoms with E-state index in [1.807, 2.05) is 36.3 Å². The molecule has 0 unspecified atom stereocenters. The Balaban J connectivity index is 1.88. The summed E-state index contributed by atoms with van der Waals surface area (Å²) in [5.41, 5.74) is 0. The Kier molecular flexibility index (Phi) is 10.9. The van der Waals surface area contributed by atoms with Gasteiger partial charge in [0.15, 0.2) is 0 Å². The number of hydrogen-bond donors (Lipinski definition) is 1. The van der Waals surface area contributed by atoms with Gasteiger partial charge < -0.3 is 5.32 Å². The van der Waals surface area contributed by atoms with Gasteiger partial charge in [0, 0.05) is 30.3 Å². The molecule has 1 amide bonds. The highest BCUT2D eigenvalue weighted by Gasteiger charge is 2.00. The lowest BCUT2D eigenvalue weighted by atomic mass is 10.1. The smallest absolute Gasteiger partial charge is 0.219 e. The first-order chi connectivity index (χ1) is 10.3. The van der Waals surface area contributed by atoms with Crippen LogP contribution in [0.5, 0.6) is 0 Å². The SMILES string of the molecule is CCCCCCCC(=O)NCCCCSc1ccncc1. The van der Waals surface area contributed by atoms with Crippen LogP contribution in [0.15, 0.2) is 29.4 Å². The third-order valence-corrected chi connectivity index (χ3v) is 4.42.